The molecule has 70 valence electrons. The van der Waals surface area contributed by atoms with E-state index in [4.69, 9.17) is 0 Å². The van der Waals surface area contributed by atoms with Crippen molar-refractivity contribution in [2.75, 3.05) is 13.7 Å². The standard InChI is InChI=1S/C9H17NO2/c1-6(2)4-8-7(5-10-8)9(11)12-3/h6-8,10H,4-5H2,1-3H3. The Balaban J connectivity index is 2.33. The van der Waals surface area contributed by atoms with E-state index in [0.29, 0.717) is 12.0 Å². The van der Waals surface area contributed by atoms with Crippen LogP contribution in [-0.2, 0) is 9.53 Å². The average molecular weight is 171 g/mol. The van der Waals surface area contributed by atoms with Gasteiger partial charge in [-0.25, -0.2) is 0 Å². The third-order valence-corrected chi connectivity index (χ3v) is 2.31. The van der Waals surface area contributed by atoms with Crippen LogP contribution in [0.4, 0.5) is 0 Å². The number of methoxy groups -OCH3 is 1. The SMILES string of the molecule is COC(=O)C1CNC1CC(C)C. The Morgan fingerprint density at radius 3 is 2.67 bits per heavy atom. The molecule has 0 aromatic heterocycles. The van der Waals surface area contributed by atoms with Crippen LogP contribution in [0.1, 0.15) is 20.3 Å². The van der Waals surface area contributed by atoms with Gasteiger partial charge in [-0.05, 0) is 12.3 Å². The molecule has 1 aliphatic heterocycles. The fourth-order valence-electron chi connectivity index (χ4n) is 1.56. The van der Waals surface area contributed by atoms with Crippen LogP contribution in [-0.4, -0.2) is 25.7 Å². The first kappa shape index (κ1) is 9.52. The Hall–Kier alpha value is -0.570. The summed E-state index contributed by atoms with van der Waals surface area (Å²) in [6, 6.07) is 0.345. The van der Waals surface area contributed by atoms with Gasteiger partial charge in [0.15, 0.2) is 0 Å². The van der Waals surface area contributed by atoms with Gasteiger partial charge in [-0.3, -0.25) is 4.79 Å². The molecule has 0 spiro atoms. The Morgan fingerprint density at radius 2 is 2.33 bits per heavy atom. The second-order valence-electron chi connectivity index (χ2n) is 3.77. The summed E-state index contributed by atoms with van der Waals surface area (Å²) in [7, 11) is 1.45. The zero-order chi connectivity index (χ0) is 9.14. The molecule has 2 atom stereocenters. The zero-order valence-electron chi connectivity index (χ0n) is 7.96. The lowest BCUT2D eigenvalue weighted by Crippen LogP contribution is -2.57. The number of nitrogens with one attached hydrogen (secondary N) is 1. The van der Waals surface area contributed by atoms with E-state index in [1.165, 1.54) is 7.11 Å². The molecular formula is C9H17NO2. The monoisotopic (exact) mass is 171 g/mol. The molecule has 2 unspecified atom stereocenters. The van der Waals surface area contributed by atoms with E-state index in [1.54, 1.807) is 0 Å². The number of carbonyl (C=O) groups excluding carboxylic acids is 1. The molecular weight excluding hydrogens is 154 g/mol. The average Bonchev–Trinajstić information content (AvgIpc) is 1.98. The second-order valence-corrected chi connectivity index (χ2v) is 3.77. The van der Waals surface area contributed by atoms with Crippen LogP contribution >= 0.6 is 0 Å². The molecule has 1 aliphatic rings. The largest absolute Gasteiger partial charge is 0.469 e. The third kappa shape index (κ3) is 1.97. The summed E-state index contributed by atoms with van der Waals surface area (Å²) < 4.78 is 4.69. The lowest BCUT2D eigenvalue weighted by molar-refractivity contribution is -0.149. The minimum absolute atomic E-state index is 0.0700. The fourth-order valence-corrected chi connectivity index (χ4v) is 1.56. The summed E-state index contributed by atoms with van der Waals surface area (Å²) >= 11 is 0. The molecule has 1 fully saturated rings. The van der Waals surface area contributed by atoms with Crippen molar-refractivity contribution in [1.29, 1.82) is 0 Å². The van der Waals surface area contributed by atoms with E-state index in [-0.39, 0.29) is 11.9 Å². The van der Waals surface area contributed by atoms with E-state index in [2.05, 4.69) is 23.9 Å². The lowest BCUT2D eigenvalue weighted by Gasteiger charge is -2.36. The normalized spacial score (nSPS) is 28.3. The Kier molecular flexibility index (Phi) is 3.09. The smallest absolute Gasteiger partial charge is 0.311 e. The minimum atomic E-state index is -0.0700. The maximum atomic E-state index is 11.1. The summed E-state index contributed by atoms with van der Waals surface area (Å²) in [4.78, 5) is 11.1. The Bertz CT molecular complexity index is 168. The van der Waals surface area contributed by atoms with Crippen LogP contribution in [0.2, 0.25) is 0 Å². The highest BCUT2D eigenvalue weighted by Gasteiger charge is 2.36. The van der Waals surface area contributed by atoms with Gasteiger partial charge in [-0.1, -0.05) is 13.8 Å². The van der Waals surface area contributed by atoms with Crippen LogP contribution in [0.3, 0.4) is 0 Å². The van der Waals surface area contributed by atoms with Gasteiger partial charge >= 0.3 is 5.97 Å². The number of esters is 1. The van der Waals surface area contributed by atoms with Crippen molar-refractivity contribution < 1.29 is 9.53 Å². The van der Waals surface area contributed by atoms with Crippen molar-refractivity contribution in [2.45, 2.75) is 26.3 Å². The van der Waals surface area contributed by atoms with E-state index in [0.717, 1.165) is 13.0 Å². The maximum absolute atomic E-state index is 11.1. The molecule has 1 N–H and O–H groups in total. The molecule has 0 radical (unpaired) electrons. The van der Waals surface area contributed by atoms with Gasteiger partial charge in [0.05, 0.1) is 13.0 Å². The van der Waals surface area contributed by atoms with Crippen LogP contribution in [0.5, 0.6) is 0 Å². The van der Waals surface area contributed by atoms with E-state index < -0.39 is 0 Å². The molecule has 0 bridgehead atoms. The molecule has 12 heavy (non-hydrogen) atoms. The van der Waals surface area contributed by atoms with Crippen molar-refractivity contribution in [3.05, 3.63) is 0 Å². The lowest BCUT2D eigenvalue weighted by atomic mass is 9.85. The van der Waals surface area contributed by atoms with Crippen LogP contribution in [0.25, 0.3) is 0 Å². The molecule has 1 heterocycles. The van der Waals surface area contributed by atoms with E-state index in [9.17, 15) is 4.79 Å². The first-order valence-corrected chi connectivity index (χ1v) is 4.46. The first-order chi connectivity index (χ1) is 5.65. The molecule has 3 nitrogen and oxygen atoms in total. The number of ether oxygens (including phenoxy) is 1. The Labute approximate surface area is 73.5 Å². The molecule has 0 saturated carbocycles. The molecule has 0 aromatic carbocycles. The quantitative estimate of drug-likeness (QED) is 0.638. The van der Waals surface area contributed by atoms with Gasteiger partial charge in [-0.15, -0.1) is 0 Å². The van der Waals surface area contributed by atoms with Gasteiger partial charge in [0.1, 0.15) is 0 Å². The van der Waals surface area contributed by atoms with Crippen LogP contribution < -0.4 is 5.32 Å². The predicted molar refractivity (Wildman–Crippen MR) is 46.8 cm³/mol. The molecule has 1 saturated heterocycles. The number of hydrogen-bond donors (Lipinski definition) is 1. The summed E-state index contributed by atoms with van der Waals surface area (Å²) in [5, 5.41) is 3.24. The highest BCUT2D eigenvalue weighted by atomic mass is 16.5. The molecule has 0 aromatic rings. The molecule has 0 aliphatic carbocycles. The van der Waals surface area contributed by atoms with Crippen molar-refractivity contribution in [2.24, 2.45) is 11.8 Å². The van der Waals surface area contributed by atoms with Crippen molar-refractivity contribution in [3.63, 3.8) is 0 Å². The number of carbonyl (C=O) groups is 1. The van der Waals surface area contributed by atoms with Crippen molar-refractivity contribution >= 4 is 5.97 Å². The topological polar surface area (TPSA) is 38.3 Å². The third-order valence-electron chi connectivity index (χ3n) is 2.31. The number of hydrogen-bond acceptors (Lipinski definition) is 3. The number of rotatable bonds is 3. The van der Waals surface area contributed by atoms with Gasteiger partial charge in [0, 0.05) is 12.6 Å². The molecule has 0 amide bonds. The summed E-state index contributed by atoms with van der Waals surface area (Å²) in [6.45, 7) is 5.10. The summed E-state index contributed by atoms with van der Waals surface area (Å²) in [6.07, 6.45) is 1.06. The zero-order valence-corrected chi connectivity index (χ0v) is 7.96. The minimum Gasteiger partial charge on any atom is -0.469 e. The maximum Gasteiger partial charge on any atom is 0.311 e. The second kappa shape index (κ2) is 3.90. The van der Waals surface area contributed by atoms with E-state index in [1.807, 2.05) is 0 Å². The van der Waals surface area contributed by atoms with Gasteiger partial charge in [-0.2, -0.15) is 0 Å². The van der Waals surface area contributed by atoms with Gasteiger partial charge in [0.2, 0.25) is 0 Å². The molecule has 3 heteroatoms. The highest BCUT2D eigenvalue weighted by molar-refractivity contribution is 5.74. The Morgan fingerprint density at radius 1 is 1.67 bits per heavy atom. The summed E-state index contributed by atoms with van der Waals surface area (Å²) in [5.74, 6) is 0.659. The fraction of sp³-hybridized carbons (Fsp3) is 0.889. The van der Waals surface area contributed by atoms with Gasteiger partial charge in [0.25, 0.3) is 0 Å². The summed E-state index contributed by atoms with van der Waals surface area (Å²) in [5.41, 5.74) is 0. The van der Waals surface area contributed by atoms with Crippen molar-refractivity contribution in [3.8, 4) is 0 Å². The van der Waals surface area contributed by atoms with Crippen LogP contribution in [0.15, 0.2) is 0 Å². The van der Waals surface area contributed by atoms with Crippen molar-refractivity contribution in [1.82, 2.24) is 5.32 Å². The van der Waals surface area contributed by atoms with Crippen LogP contribution in [0, 0.1) is 11.8 Å². The molecule has 1 rings (SSSR count). The highest BCUT2D eigenvalue weighted by Crippen LogP contribution is 2.21. The first-order valence-electron chi connectivity index (χ1n) is 4.46. The predicted octanol–water partition coefficient (Wildman–Crippen LogP) is 0.793. The van der Waals surface area contributed by atoms with E-state index >= 15 is 0 Å². The van der Waals surface area contributed by atoms with Gasteiger partial charge < -0.3 is 10.1 Å².